The van der Waals surface area contributed by atoms with Gasteiger partial charge in [-0.05, 0) is 35.4 Å². The molecule has 1 aromatic heterocycles. The molecule has 0 saturated heterocycles. The number of ketones is 1. The van der Waals surface area contributed by atoms with Crippen molar-refractivity contribution in [2.75, 3.05) is 13.2 Å². The van der Waals surface area contributed by atoms with E-state index in [1.165, 1.54) is 0 Å². The van der Waals surface area contributed by atoms with E-state index in [0.29, 0.717) is 41.1 Å². The maximum Gasteiger partial charge on any atom is 0.405 e. The number of Topliss-reactive ketones (excluding diaryl/α,β-unsaturated/α-hetero) is 1. The molecule has 2 aromatic rings. The fourth-order valence-electron chi connectivity index (χ4n) is 4.08. The molecule has 1 amide bonds. The highest BCUT2D eigenvalue weighted by Gasteiger charge is 2.35. The molecule has 0 spiro atoms. The quantitative estimate of drug-likeness (QED) is 0.336. The molecular weight excluding hydrogens is 484 g/mol. The lowest BCUT2D eigenvalue weighted by Gasteiger charge is -2.35. The average Bonchev–Trinajstić information content (AvgIpc) is 2.76. The molecule has 0 aliphatic rings. The Bertz CT molecular complexity index is 1210. The lowest BCUT2D eigenvalue weighted by Crippen LogP contribution is -2.41. The highest BCUT2D eigenvalue weighted by atomic mass is 16.5. The predicted molar refractivity (Wildman–Crippen MR) is 151 cm³/mol. The first kappa shape index (κ1) is 31.2. The molecule has 8 heteroatoms. The van der Waals surface area contributed by atoms with E-state index in [-0.39, 0.29) is 23.4 Å². The Hall–Kier alpha value is -3.03. The van der Waals surface area contributed by atoms with E-state index >= 15 is 0 Å². The Morgan fingerprint density at radius 1 is 1.00 bits per heavy atom. The maximum absolute atomic E-state index is 14.0. The van der Waals surface area contributed by atoms with Crippen LogP contribution < -0.4 is 20.3 Å². The largest absolute Gasteiger partial charge is 0.491 e. The molecule has 1 heterocycles. The van der Waals surface area contributed by atoms with Crippen LogP contribution in [0.3, 0.4) is 0 Å². The number of ether oxygens (including phenoxy) is 2. The molecule has 1 aromatic carbocycles. The van der Waals surface area contributed by atoms with Gasteiger partial charge < -0.3 is 24.5 Å². The minimum Gasteiger partial charge on any atom is -0.491 e. The molecule has 8 nitrogen and oxygen atoms in total. The number of hydrogen-bond donors (Lipinski definition) is 2. The molecule has 0 aliphatic carbocycles. The van der Waals surface area contributed by atoms with E-state index in [4.69, 9.17) is 9.47 Å². The van der Waals surface area contributed by atoms with Crippen molar-refractivity contribution in [3.05, 3.63) is 34.2 Å². The second-order valence-corrected chi connectivity index (χ2v) is 13.3. The van der Waals surface area contributed by atoms with Gasteiger partial charge in [-0.2, -0.15) is 0 Å². The summed E-state index contributed by atoms with van der Waals surface area (Å²) in [6.45, 7) is 20.1. The van der Waals surface area contributed by atoms with E-state index in [9.17, 15) is 19.5 Å². The molecule has 2 rings (SSSR count). The monoisotopic (exact) mass is 530 g/mol. The third kappa shape index (κ3) is 7.98. The van der Waals surface area contributed by atoms with Crippen molar-refractivity contribution in [2.45, 2.75) is 94.7 Å². The Labute approximate surface area is 226 Å². The van der Waals surface area contributed by atoms with Crippen LogP contribution in [0.4, 0.5) is 4.79 Å². The normalized spacial score (nSPS) is 13.3. The van der Waals surface area contributed by atoms with Crippen molar-refractivity contribution in [1.82, 2.24) is 9.88 Å². The van der Waals surface area contributed by atoms with Gasteiger partial charge in [-0.1, -0.05) is 75.7 Å². The lowest BCUT2D eigenvalue weighted by molar-refractivity contribution is -0.128. The zero-order valence-corrected chi connectivity index (χ0v) is 24.8. The third-order valence-electron chi connectivity index (χ3n) is 6.23. The zero-order chi connectivity index (χ0) is 29.1. The van der Waals surface area contributed by atoms with Crippen LogP contribution in [0.5, 0.6) is 11.5 Å². The second kappa shape index (κ2) is 11.8. The number of nitrogens with zero attached hydrogens (tertiary/aromatic N) is 1. The van der Waals surface area contributed by atoms with Gasteiger partial charge in [-0.15, -0.1) is 0 Å². The summed E-state index contributed by atoms with van der Waals surface area (Å²) in [6.07, 6.45) is 0.521. The SMILES string of the molecule is CCCCOc1c(C(NC(=O)O)C(C)(C)C)n(CC(C)(C)C)c(=O)c2ccc(OCC(=O)C(C)(C)C)cc12. The number of hydrogen-bond acceptors (Lipinski definition) is 5. The number of benzene rings is 1. The number of pyridine rings is 1. The molecule has 1 atom stereocenters. The summed E-state index contributed by atoms with van der Waals surface area (Å²) >= 11 is 0. The first-order chi connectivity index (χ1) is 17.4. The van der Waals surface area contributed by atoms with E-state index in [0.717, 1.165) is 12.8 Å². The van der Waals surface area contributed by atoms with Gasteiger partial charge in [0.1, 0.15) is 18.1 Å². The highest BCUT2D eigenvalue weighted by Crippen LogP contribution is 2.42. The van der Waals surface area contributed by atoms with Crippen molar-refractivity contribution in [3.63, 3.8) is 0 Å². The van der Waals surface area contributed by atoms with Crippen molar-refractivity contribution >= 4 is 22.6 Å². The molecule has 0 aliphatic heterocycles. The van der Waals surface area contributed by atoms with Crippen molar-refractivity contribution < 1.29 is 24.2 Å². The molecule has 0 fully saturated rings. The highest BCUT2D eigenvalue weighted by molar-refractivity contribution is 5.90. The molecule has 0 saturated carbocycles. The zero-order valence-electron chi connectivity index (χ0n) is 24.8. The smallest absolute Gasteiger partial charge is 0.405 e. The van der Waals surface area contributed by atoms with E-state index < -0.39 is 23.0 Å². The number of unbranched alkanes of at least 4 members (excludes halogenated alkanes) is 1. The van der Waals surface area contributed by atoms with Crippen LogP contribution in [0.2, 0.25) is 0 Å². The van der Waals surface area contributed by atoms with Crippen LogP contribution in [0.15, 0.2) is 23.0 Å². The Balaban J connectivity index is 2.91. The fraction of sp³-hybridized carbons (Fsp3) is 0.633. The first-order valence-electron chi connectivity index (χ1n) is 13.4. The van der Waals surface area contributed by atoms with Gasteiger partial charge in [0.05, 0.1) is 23.7 Å². The molecule has 1 unspecified atom stereocenters. The summed E-state index contributed by atoms with van der Waals surface area (Å²) in [5.41, 5.74) is -1.12. The van der Waals surface area contributed by atoms with Crippen molar-refractivity contribution in [1.29, 1.82) is 0 Å². The topological polar surface area (TPSA) is 107 Å². The number of carbonyl (C=O) groups excluding carboxylic acids is 1. The summed E-state index contributed by atoms with van der Waals surface area (Å²) in [6, 6.07) is 4.37. The van der Waals surface area contributed by atoms with Gasteiger partial charge in [0.15, 0.2) is 5.78 Å². The lowest BCUT2D eigenvalue weighted by atomic mass is 9.83. The van der Waals surface area contributed by atoms with E-state index in [1.807, 2.05) is 62.3 Å². The van der Waals surface area contributed by atoms with Crippen LogP contribution in [0.1, 0.15) is 93.8 Å². The second-order valence-electron chi connectivity index (χ2n) is 13.3. The van der Waals surface area contributed by atoms with Crippen LogP contribution in [0, 0.1) is 16.2 Å². The molecule has 2 N–H and O–H groups in total. The number of aromatic nitrogens is 1. The summed E-state index contributed by atoms with van der Waals surface area (Å²) in [5, 5.41) is 13.4. The van der Waals surface area contributed by atoms with E-state index in [1.54, 1.807) is 22.8 Å². The molecule has 0 bridgehead atoms. The Morgan fingerprint density at radius 2 is 1.63 bits per heavy atom. The average molecular weight is 531 g/mol. The Morgan fingerprint density at radius 3 is 2.13 bits per heavy atom. The Kier molecular flexibility index (Phi) is 9.67. The minimum absolute atomic E-state index is 0.0447. The third-order valence-corrected chi connectivity index (χ3v) is 6.23. The molecule has 0 radical (unpaired) electrons. The molecule has 38 heavy (non-hydrogen) atoms. The van der Waals surface area contributed by atoms with Gasteiger partial charge in [0.2, 0.25) is 0 Å². The number of carboxylic acid groups (broad SMARTS) is 1. The fourth-order valence-corrected chi connectivity index (χ4v) is 4.08. The number of nitrogens with one attached hydrogen (secondary N) is 1. The number of rotatable bonds is 10. The predicted octanol–water partition coefficient (Wildman–Crippen LogP) is 6.58. The van der Waals surface area contributed by atoms with Gasteiger partial charge in [-0.3, -0.25) is 9.59 Å². The van der Waals surface area contributed by atoms with Crippen LogP contribution >= 0.6 is 0 Å². The number of fused-ring (bicyclic) bond motifs is 1. The maximum atomic E-state index is 14.0. The molecular formula is C30H46N2O6. The van der Waals surface area contributed by atoms with Crippen LogP contribution in [0.25, 0.3) is 10.8 Å². The number of amides is 1. The first-order valence-corrected chi connectivity index (χ1v) is 13.4. The van der Waals surface area contributed by atoms with Crippen LogP contribution in [-0.2, 0) is 11.3 Å². The van der Waals surface area contributed by atoms with Crippen molar-refractivity contribution in [2.24, 2.45) is 16.2 Å². The molecule has 212 valence electrons. The van der Waals surface area contributed by atoms with Crippen LogP contribution in [-0.4, -0.2) is 34.8 Å². The van der Waals surface area contributed by atoms with Gasteiger partial charge in [0, 0.05) is 17.3 Å². The van der Waals surface area contributed by atoms with Gasteiger partial charge >= 0.3 is 6.09 Å². The van der Waals surface area contributed by atoms with Gasteiger partial charge in [-0.25, -0.2) is 4.79 Å². The summed E-state index contributed by atoms with van der Waals surface area (Å²) < 4.78 is 13.9. The number of carbonyl (C=O) groups is 2. The van der Waals surface area contributed by atoms with E-state index in [2.05, 4.69) is 12.2 Å². The summed E-state index contributed by atoms with van der Waals surface area (Å²) in [4.78, 5) is 38.4. The van der Waals surface area contributed by atoms with Crippen molar-refractivity contribution in [3.8, 4) is 11.5 Å². The van der Waals surface area contributed by atoms with Gasteiger partial charge in [0.25, 0.3) is 5.56 Å². The standard InChI is InChI=1S/C30H46N2O6/c1-11-12-15-37-24-21-16-19(38-17-22(33)29(5,6)7)13-14-20(21)26(34)32(18-28(2,3)4)23(24)25(30(8,9)10)31-27(35)36/h13-14,16,25,31H,11-12,15,17-18H2,1-10H3,(H,35,36). The summed E-state index contributed by atoms with van der Waals surface area (Å²) in [5.74, 6) is 0.850. The minimum atomic E-state index is -1.18. The summed E-state index contributed by atoms with van der Waals surface area (Å²) in [7, 11) is 0.